The Labute approximate surface area is 240 Å². The number of carbonyl (C=O) groups is 2. The second kappa shape index (κ2) is 13.3. The minimum absolute atomic E-state index is 0.0226. The third-order valence-electron chi connectivity index (χ3n) is 6.48. The monoisotopic (exact) mass is 589 g/mol. The summed E-state index contributed by atoms with van der Waals surface area (Å²) in [5.41, 5.74) is 3.56. The molecule has 39 heavy (non-hydrogen) atoms. The van der Waals surface area contributed by atoms with Crippen molar-refractivity contribution in [2.75, 3.05) is 23.7 Å². The van der Waals surface area contributed by atoms with Crippen LogP contribution in [-0.2, 0) is 32.6 Å². The van der Waals surface area contributed by atoms with Crippen molar-refractivity contribution < 1.29 is 18.0 Å². The number of nitrogens with zero attached hydrogens (tertiary/aromatic N) is 2. The van der Waals surface area contributed by atoms with Gasteiger partial charge in [0, 0.05) is 19.5 Å². The minimum Gasteiger partial charge on any atom is -0.355 e. The second-order valence-electron chi connectivity index (χ2n) is 9.36. The van der Waals surface area contributed by atoms with Crippen LogP contribution in [0, 0.1) is 13.8 Å². The van der Waals surface area contributed by atoms with Crippen LogP contribution in [0.2, 0.25) is 10.0 Å². The number of benzene rings is 3. The van der Waals surface area contributed by atoms with Gasteiger partial charge < -0.3 is 10.2 Å². The predicted molar refractivity (Wildman–Crippen MR) is 158 cm³/mol. The largest absolute Gasteiger partial charge is 0.355 e. The van der Waals surface area contributed by atoms with Gasteiger partial charge in [-0.1, -0.05) is 71.7 Å². The normalized spacial score (nSPS) is 12.1. The Balaban J connectivity index is 2.08. The molecule has 0 unspecified atom stereocenters. The Hall–Kier alpha value is -3.07. The van der Waals surface area contributed by atoms with Crippen LogP contribution >= 0.6 is 23.2 Å². The molecule has 0 saturated heterocycles. The van der Waals surface area contributed by atoms with Gasteiger partial charge in [0.25, 0.3) is 0 Å². The lowest BCUT2D eigenvalue weighted by Gasteiger charge is -2.34. The van der Waals surface area contributed by atoms with Crippen LogP contribution in [-0.4, -0.2) is 50.5 Å². The Morgan fingerprint density at radius 2 is 1.62 bits per heavy atom. The standard InChI is InChI=1S/C29H33Cl2N3O4S/c1-5-32-29(36)27(17-22-11-7-6-8-12-22)33(18-23-14-15-24(30)25(31)16-23)28(35)19-34(39(4,37)38)26-13-9-10-20(2)21(26)3/h6-16,27H,5,17-19H2,1-4H3,(H,32,36)/t27-/m1/s1. The molecule has 10 heteroatoms. The Morgan fingerprint density at radius 3 is 2.23 bits per heavy atom. The van der Waals surface area contributed by atoms with Crippen molar-refractivity contribution in [3.8, 4) is 0 Å². The van der Waals surface area contributed by atoms with Crippen LogP contribution in [0.15, 0.2) is 66.7 Å². The average Bonchev–Trinajstić information content (AvgIpc) is 2.88. The lowest BCUT2D eigenvalue weighted by molar-refractivity contribution is -0.140. The zero-order valence-corrected chi connectivity index (χ0v) is 24.8. The number of rotatable bonds is 11. The zero-order valence-electron chi connectivity index (χ0n) is 22.4. The van der Waals surface area contributed by atoms with Gasteiger partial charge in [-0.05, 0) is 61.2 Å². The molecule has 2 amide bonds. The fourth-order valence-electron chi connectivity index (χ4n) is 4.28. The molecule has 0 aliphatic heterocycles. The number of likely N-dealkylation sites (N-methyl/N-ethyl adjacent to an activating group) is 1. The molecule has 1 N–H and O–H groups in total. The van der Waals surface area contributed by atoms with Gasteiger partial charge in [-0.15, -0.1) is 0 Å². The molecule has 0 bridgehead atoms. The van der Waals surface area contributed by atoms with E-state index in [0.717, 1.165) is 27.3 Å². The number of nitrogens with one attached hydrogen (secondary N) is 1. The van der Waals surface area contributed by atoms with Crippen molar-refractivity contribution in [2.24, 2.45) is 0 Å². The van der Waals surface area contributed by atoms with Crippen LogP contribution < -0.4 is 9.62 Å². The van der Waals surface area contributed by atoms with E-state index in [1.54, 1.807) is 37.3 Å². The first kappa shape index (κ1) is 30.5. The Bertz CT molecular complexity index is 1430. The van der Waals surface area contributed by atoms with E-state index in [4.69, 9.17) is 23.2 Å². The van der Waals surface area contributed by atoms with Crippen molar-refractivity contribution in [1.29, 1.82) is 0 Å². The summed E-state index contributed by atoms with van der Waals surface area (Å²) in [6.07, 6.45) is 1.30. The van der Waals surface area contributed by atoms with E-state index in [2.05, 4.69) is 5.32 Å². The summed E-state index contributed by atoms with van der Waals surface area (Å²) in [7, 11) is -3.84. The summed E-state index contributed by atoms with van der Waals surface area (Å²) >= 11 is 12.4. The maximum absolute atomic E-state index is 14.0. The third-order valence-corrected chi connectivity index (χ3v) is 8.35. The minimum atomic E-state index is -3.84. The summed E-state index contributed by atoms with van der Waals surface area (Å²) in [6.45, 7) is 5.41. The lowest BCUT2D eigenvalue weighted by atomic mass is 10.0. The van der Waals surface area contributed by atoms with Crippen molar-refractivity contribution in [3.05, 3.63) is 99.0 Å². The second-order valence-corrected chi connectivity index (χ2v) is 12.1. The van der Waals surface area contributed by atoms with Gasteiger partial charge in [0.1, 0.15) is 12.6 Å². The maximum atomic E-state index is 14.0. The molecule has 0 fully saturated rings. The van der Waals surface area contributed by atoms with E-state index in [0.29, 0.717) is 27.8 Å². The fraction of sp³-hybridized carbons (Fsp3) is 0.310. The SMILES string of the molecule is CCNC(=O)[C@@H](Cc1ccccc1)N(Cc1ccc(Cl)c(Cl)c1)C(=O)CN(c1cccc(C)c1C)S(C)(=O)=O. The molecule has 0 radical (unpaired) electrons. The molecule has 1 atom stereocenters. The van der Waals surface area contributed by atoms with Gasteiger partial charge in [0.15, 0.2) is 0 Å². The number of sulfonamides is 1. The molecule has 0 aliphatic carbocycles. The summed E-state index contributed by atoms with van der Waals surface area (Å²) in [5.74, 6) is -0.869. The number of hydrogen-bond donors (Lipinski definition) is 1. The first-order valence-corrected chi connectivity index (χ1v) is 15.1. The van der Waals surface area contributed by atoms with Gasteiger partial charge >= 0.3 is 0 Å². The molecule has 208 valence electrons. The van der Waals surface area contributed by atoms with E-state index in [-0.39, 0.29) is 18.9 Å². The van der Waals surface area contributed by atoms with Gasteiger partial charge in [-0.2, -0.15) is 0 Å². The Kier molecular flexibility index (Phi) is 10.4. The summed E-state index contributed by atoms with van der Waals surface area (Å²) in [4.78, 5) is 28.8. The molecule has 0 aromatic heterocycles. The van der Waals surface area contributed by atoms with Gasteiger partial charge in [-0.25, -0.2) is 8.42 Å². The quantitative estimate of drug-likeness (QED) is 0.335. The summed E-state index contributed by atoms with van der Waals surface area (Å²) in [5, 5.41) is 3.50. The van der Waals surface area contributed by atoms with E-state index < -0.39 is 28.5 Å². The molecule has 3 aromatic rings. The van der Waals surface area contributed by atoms with E-state index >= 15 is 0 Å². The van der Waals surface area contributed by atoms with Crippen molar-refractivity contribution in [3.63, 3.8) is 0 Å². The first-order valence-electron chi connectivity index (χ1n) is 12.5. The number of halogens is 2. The van der Waals surface area contributed by atoms with Crippen molar-refractivity contribution in [1.82, 2.24) is 10.2 Å². The maximum Gasteiger partial charge on any atom is 0.244 e. The zero-order chi connectivity index (χ0) is 28.7. The first-order chi connectivity index (χ1) is 18.4. The van der Waals surface area contributed by atoms with Gasteiger partial charge in [0.2, 0.25) is 21.8 Å². The van der Waals surface area contributed by atoms with Crippen LogP contribution in [0.25, 0.3) is 0 Å². The number of aryl methyl sites for hydroxylation is 1. The number of carbonyl (C=O) groups excluding carboxylic acids is 2. The predicted octanol–water partition coefficient (Wildman–Crippen LogP) is 5.15. The average molecular weight is 591 g/mol. The molecule has 0 saturated carbocycles. The lowest BCUT2D eigenvalue weighted by Crippen LogP contribution is -2.53. The third kappa shape index (κ3) is 7.97. The van der Waals surface area contributed by atoms with E-state index in [9.17, 15) is 18.0 Å². The highest BCUT2D eigenvalue weighted by atomic mass is 35.5. The fourth-order valence-corrected chi connectivity index (χ4v) is 5.50. The van der Waals surface area contributed by atoms with Gasteiger partial charge in [0.05, 0.1) is 22.0 Å². The molecule has 3 aromatic carbocycles. The van der Waals surface area contributed by atoms with Crippen molar-refractivity contribution >= 4 is 50.7 Å². The molecule has 0 spiro atoms. The smallest absolute Gasteiger partial charge is 0.244 e. The number of amides is 2. The molecule has 7 nitrogen and oxygen atoms in total. The molecule has 0 heterocycles. The molecule has 0 aliphatic rings. The van der Waals surface area contributed by atoms with E-state index in [1.807, 2.05) is 50.2 Å². The van der Waals surface area contributed by atoms with Gasteiger partial charge in [-0.3, -0.25) is 13.9 Å². The Morgan fingerprint density at radius 1 is 0.923 bits per heavy atom. The highest BCUT2D eigenvalue weighted by Gasteiger charge is 2.33. The van der Waals surface area contributed by atoms with Crippen LogP contribution in [0.4, 0.5) is 5.69 Å². The molecule has 3 rings (SSSR count). The molecular weight excluding hydrogens is 557 g/mol. The molecular formula is C29H33Cl2N3O4S. The van der Waals surface area contributed by atoms with Crippen LogP contribution in [0.3, 0.4) is 0 Å². The summed E-state index contributed by atoms with van der Waals surface area (Å²) in [6, 6.07) is 18.7. The van der Waals surface area contributed by atoms with Crippen LogP contribution in [0.1, 0.15) is 29.2 Å². The highest BCUT2D eigenvalue weighted by Crippen LogP contribution is 2.27. The number of anilines is 1. The van der Waals surface area contributed by atoms with Crippen LogP contribution in [0.5, 0.6) is 0 Å². The number of hydrogen-bond acceptors (Lipinski definition) is 4. The van der Waals surface area contributed by atoms with Crippen molar-refractivity contribution in [2.45, 2.75) is 39.8 Å². The topological polar surface area (TPSA) is 86.8 Å². The summed E-state index contributed by atoms with van der Waals surface area (Å²) < 4.78 is 27.0. The van der Waals surface area contributed by atoms with E-state index in [1.165, 1.54) is 4.90 Å². The highest BCUT2D eigenvalue weighted by molar-refractivity contribution is 7.92.